The maximum absolute atomic E-state index is 5.56. The monoisotopic (exact) mass is 476 g/mol. The van der Waals surface area contributed by atoms with E-state index < -0.39 is 0 Å². The summed E-state index contributed by atoms with van der Waals surface area (Å²) in [6.45, 7) is 5.97. The Balaban J connectivity index is 1.50. The molecule has 0 aliphatic carbocycles. The van der Waals surface area contributed by atoms with Crippen LogP contribution in [0, 0.1) is 0 Å². The Morgan fingerprint density at radius 3 is 2.46 bits per heavy atom. The van der Waals surface area contributed by atoms with Crippen LogP contribution in [0.1, 0.15) is 11.6 Å². The lowest BCUT2D eigenvalue weighted by molar-refractivity contribution is 0.0394. The van der Waals surface area contributed by atoms with Crippen molar-refractivity contribution < 1.29 is 14.2 Å². The molecule has 3 heterocycles. The molecule has 0 saturated carbocycles. The number of morpholine rings is 1. The van der Waals surface area contributed by atoms with Gasteiger partial charge in [-0.2, -0.15) is 5.10 Å². The third kappa shape index (κ3) is 5.31. The van der Waals surface area contributed by atoms with Crippen LogP contribution in [-0.4, -0.2) is 93.3 Å². The molecule has 0 spiro atoms. The zero-order chi connectivity index (χ0) is 24.2. The van der Waals surface area contributed by atoms with E-state index in [4.69, 9.17) is 19.2 Å². The summed E-state index contributed by atoms with van der Waals surface area (Å²) in [5.41, 5.74) is 4.73. The molecule has 2 aromatic carbocycles. The van der Waals surface area contributed by atoms with Crippen molar-refractivity contribution in [1.29, 1.82) is 0 Å². The minimum atomic E-state index is 0.153. The average Bonchev–Trinajstić information content (AvgIpc) is 3.35. The van der Waals surface area contributed by atoms with E-state index in [-0.39, 0.29) is 5.92 Å². The minimum absolute atomic E-state index is 0.153. The van der Waals surface area contributed by atoms with Crippen LogP contribution in [0.15, 0.2) is 47.7 Å². The third-order valence-electron chi connectivity index (χ3n) is 6.53. The molecule has 5 rings (SSSR count). The molecule has 1 saturated heterocycles. The van der Waals surface area contributed by atoms with Crippen molar-refractivity contribution in [2.24, 2.45) is 5.10 Å². The van der Waals surface area contributed by atoms with Crippen molar-refractivity contribution in [3.63, 3.8) is 0 Å². The lowest BCUT2D eigenvalue weighted by Gasteiger charge is -2.31. The summed E-state index contributed by atoms with van der Waals surface area (Å²) in [6, 6.07) is 12.2. The van der Waals surface area contributed by atoms with E-state index in [1.807, 2.05) is 48.7 Å². The van der Waals surface area contributed by atoms with Gasteiger partial charge in [0.1, 0.15) is 11.5 Å². The molecule has 9 nitrogen and oxygen atoms in total. The zero-order valence-corrected chi connectivity index (χ0v) is 20.6. The van der Waals surface area contributed by atoms with Crippen LogP contribution < -0.4 is 14.4 Å². The van der Waals surface area contributed by atoms with Crippen LogP contribution in [0.2, 0.25) is 0 Å². The molecule has 184 valence electrons. The number of hydrazone groups is 1. The number of anilines is 2. The number of hydrogen-bond acceptors (Lipinski definition) is 9. The zero-order valence-electron chi connectivity index (χ0n) is 20.6. The molecule has 1 fully saturated rings. The molecule has 1 aromatic heterocycles. The predicted molar refractivity (Wildman–Crippen MR) is 137 cm³/mol. The van der Waals surface area contributed by atoms with Gasteiger partial charge in [-0.3, -0.25) is 14.9 Å². The molecule has 0 bridgehead atoms. The van der Waals surface area contributed by atoms with Gasteiger partial charge in [-0.1, -0.05) is 0 Å². The minimum Gasteiger partial charge on any atom is -0.497 e. The molecule has 35 heavy (non-hydrogen) atoms. The highest BCUT2D eigenvalue weighted by atomic mass is 16.5. The van der Waals surface area contributed by atoms with Crippen molar-refractivity contribution in [2.75, 3.05) is 72.1 Å². The van der Waals surface area contributed by atoms with Crippen LogP contribution in [-0.2, 0) is 4.74 Å². The highest BCUT2D eigenvalue weighted by Gasteiger charge is 2.20. The Bertz CT molecular complexity index is 1170. The summed E-state index contributed by atoms with van der Waals surface area (Å²) in [5, 5.41) is 6.28. The number of benzene rings is 2. The first-order valence-corrected chi connectivity index (χ1v) is 12.0. The SMILES string of the molecule is COc1cc(OC)cc(N(CCN2CCOCC2)c2ccc3ncc(C4C=NN(C)C4)nc3c2)c1. The molecular weight excluding hydrogens is 444 g/mol. The lowest BCUT2D eigenvalue weighted by Crippen LogP contribution is -2.40. The molecule has 0 N–H and O–H groups in total. The molecule has 2 aliphatic rings. The average molecular weight is 477 g/mol. The van der Waals surface area contributed by atoms with E-state index in [0.29, 0.717) is 0 Å². The molecule has 0 radical (unpaired) electrons. The second-order valence-corrected chi connectivity index (χ2v) is 8.86. The van der Waals surface area contributed by atoms with Crippen LogP contribution in [0.3, 0.4) is 0 Å². The number of aromatic nitrogens is 2. The third-order valence-corrected chi connectivity index (χ3v) is 6.53. The van der Waals surface area contributed by atoms with Crippen LogP contribution in [0.4, 0.5) is 11.4 Å². The van der Waals surface area contributed by atoms with Crippen molar-refractivity contribution >= 4 is 28.6 Å². The van der Waals surface area contributed by atoms with Crippen molar-refractivity contribution in [2.45, 2.75) is 5.92 Å². The normalized spacial score (nSPS) is 18.3. The van der Waals surface area contributed by atoms with Gasteiger partial charge in [-0.05, 0) is 18.2 Å². The first-order chi connectivity index (χ1) is 17.1. The van der Waals surface area contributed by atoms with E-state index in [0.717, 1.165) is 85.5 Å². The Hall–Kier alpha value is -3.43. The van der Waals surface area contributed by atoms with E-state index in [2.05, 4.69) is 32.0 Å². The number of hydrogen-bond donors (Lipinski definition) is 0. The topological polar surface area (TPSA) is 75.6 Å². The molecule has 0 amide bonds. The second kappa shape index (κ2) is 10.5. The fourth-order valence-electron chi connectivity index (χ4n) is 4.53. The molecule has 3 aromatic rings. The molecule has 1 atom stereocenters. The van der Waals surface area contributed by atoms with E-state index in [1.165, 1.54) is 0 Å². The number of likely N-dealkylation sites (N-methyl/N-ethyl adjacent to an activating group) is 1. The van der Waals surface area contributed by atoms with E-state index in [1.54, 1.807) is 14.2 Å². The number of ether oxygens (including phenoxy) is 3. The summed E-state index contributed by atoms with van der Waals surface area (Å²) >= 11 is 0. The van der Waals surface area contributed by atoms with Gasteiger partial charge >= 0.3 is 0 Å². The fraction of sp³-hybridized carbons (Fsp3) is 0.423. The lowest BCUT2D eigenvalue weighted by atomic mass is 10.1. The largest absolute Gasteiger partial charge is 0.497 e. The van der Waals surface area contributed by atoms with Crippen LogP contribution >= 0.6 is 0 Å². The van der Waals surface area contributed by atoms with Gasteiger partial charge in [0.2, 0.25) is 0 Å². The summed E-state index contributed by atoms with van der Waals surface area (Å²) in [4.78, 5) is 14.4. The molecular formula is C26H32N6O3. The van der Waals surface area contributed by atoms with Gasteiger partial charge in [-0.15, -0.1) is 0 Å². The second-order valence-electron chi connectivity index (χ2n) is 8.86. The standard InChI is InChI=1S/C26H32N6O3/c1-30-18-19(16-28-30)26-17-27-24-5-4-20(14-25(24)29-26)32(7-6-31-8-10-35-11-9-31)21-12-22(33-2)15-23(13-21)34-3/h4-5,12-17,19H,6-11,18H2,1-3H3. The summed E-state index contributed by atoms with van der Waals surface area (Å²) < 4.78 is 16.6. The molecule has 2 aliphatic heterocycles. The maximum Gasteiger partial charge on any atom is 0.124 e. The van der Waals surface area contributed by atoms with Crippen molar-refractivity contribution in [1.82, 2.24) is 19.9 Å². The van der Waals surface area contributed by atoms with Crippen LogP contribution in [0.25, 0.3) is 11.0 Å². The maximum atomic E-state index is 5.56. The first kappa shape index (κ1) is 23.3. The number of fused-ring (bicyclic) bond motifs is 1. The summed E-state index contributed by atoms with van der Waals surface area (Å²) in [7, 11) is 5.32. The van der Waals surface area contributed by atoms with Crippen molar-refractivity contribution in [3.05, 3.63) is 48.3 Å². The highest BCUT2D eigenvalue weighted by molar-refractivity contribution is 5.82. The van der Waals surface area contributed by atoms with Gasteiger partial charge in [0.25, 0.3) is 0 Å². The fourth-order valence-corrected chi connectivity index (χ4v) is 4.53. The van der Waals surface area contributed by atoms with E-state index >= 15 is 0 Å². The quantitative estimate of drug-likeness (QED) is 0.491. The highest BCUT2D eigenvalue weighted by Crippen LogP contribution is 2.34. The molecule has 9 heteroatoms. The Labute approximate surface area is 205 Å². The van der Waals surface area contributed by atoms with Gasteiger partial charge in [-0.25, -0.2) is 4.98 Å². The number of rotatable bonds is 8. The van der Waals surface area contributed by atoms with Gasteiger partial charge in [0, 0.05) is 81.8 Å². The number of nitrogens with zero attached hydrogens (tertiary/aromatic N) is 6. The Kier molecular flexibility index (Phi) is 6.96. The Morgan fingerprint density at radius 1 is 1.00 bits per heavy atom. The molecule has 1 unspecified atom stereocenters. The van der Waals surface area contributed by atoms with Gasteiger partial charge in [0.05, 0.1) is 50.1 Å². The van der Waals surface area contributed by atoms with Gasteiger partial charge in [0.15, 0.2) is 0 Å². The van der Waals surface area contributed by atoms with Crippen LogP contribution in [0.5, 0.6) is 11.5 Å². The van der Waals surface area contributed by atoms with E-state index in [9.17, 15) is 0 Å². The summed E-state index contributed by atoms with van der Waals surface area (Å²) in [5.74, 6) is 1.66. The first-order valence-electron chi connectivity index (χ1n) is 12.0. The predicted octanol–water partition coefficient (Wildman–Crippen LogP) is 3.13. The Morgan fingerprint density at radius 2 is 1.77 bits per heavy atom. The smallest absolute Gasteiger partial charge is 0.124 e. The van der Waals surface area contributed by atoms with Crippen molar-refractivity contribution in [3.8, 4) is 11.5 Å². The number of methoxy groups -OCH3 is 2. The summed E-state index contributed by atoms with van der Waals surface area (Å²) in [6.07, 6.45) is 3.80. The van der Waals surface area contributed by atoms with Gasteiger partial charge < -0.3 is 19.1 Å².